The van der Waals surface area contributed by atoms with E-state index in [1.54, 1.807) is 13.0 Å². The van der Waals surface area contributed by atoms with E-state index in [-0.39, 0.29) is 11.4 Å². The first-order valence-corrected chi connectivity index (χ1v) is 4.60. The molecular weight excluding hydrogens is 227 g/mol. The van der Waals surface area contributed by atoms with Crippen LogP contribution in [0.15, 0.2) is 12.1 Å². The molecule has 0 unspecified atom stereocenters. The maximum absolute atomic E-state index is 12.4. The third-order valence-corrected chi connectivity index (χ3v) is 2.39. The molecule has 0 aliphatic carbocycles. The zero-order valence-electron chi connectivity index (χ0n) is 7.82. The highest BCUT2D eigenvalue weighted by molar-refractivity contribution is 6.17. The minimum atomic E-state index is -4.44. The molecule has 0 saturated carbocycles. The molecule has 0 heterocycles. The van der Waals surface area contributed by atoms with Crippen molar-refractivity contribution in [3.8, 4) is 6.07 Å². The van der Waals surface area contributed by atoms with Crippen LogP contribution in [-0.4, -0.2) is 0 Å². The molecule has 1 nitrogen and oxygen atoms in total. The van der Waals surface area contributed by atoms with Crippen LogP contribution in [0.1, 0.15) is 22.3 Å². The number of hydrogen-bond acceptors (Lipinski definition) is 1. The van der Waals surface area contributed by atoms with Crippen LogP contribution in [0.25, 0.3) is 0 Å². The van der Waals surface area contributed by atoms with Crippen LogP contribution >= 0.6 is 11.6 Å². The Labute approximate surface area is 90.1 Å². The Bertz CT molecular complexity index is 418. The average molecular weight is 234 g/mol. The zero-order valence-corrected chi connectivity index (χ0v) is 8.58. The topological polar surface area (TPSA) is 23.8 Å². The molecule has 0 aliphatic rings. The lowest BCUT2D eigenvalue weighted by Crippen LogP contribution is -2.07. The van der Waals surface area contributed by atoms with Crippen LogP contribution in [0, 0.1) is 18.3 Å². The second kappa shape index (κ2) is 4.11. The molecule has 0 atom stereocenters. The molecule has 0 amide bonds. The summed E-state index contributed by atoms with van der Waals surface area (Å²) in [4.78, 5) is 0. The van der Waals surface area contributed by atoms with E-state index in [4.69, 9.17) is 16.9 Å². The van der Waals surface area contributed by atoms with E-state index in [2.05, 4.69) is 0 Å². The molecule has 1 aromatic carbocycles. The quantitative estimate of drug-likeness (QED) is 0.680. The van der Waals surface area contributed by atoms with E-state index < -0.39 is 11.7 Å². The largest absolute Gasteiger partial charge is 0.416 e. The van der Waals surface area contributed by atoms with Crippen molar-refractivity contribution in [1.82, 2.24) is 0 Å². The Balaban J connectivity index is 3.42. The molecule has 80 valence electrons. The number of benzene rings is 1. The molecule has 1 aromatic rings. The second-order valence-electron chi connectivity index (χ2n) is 3.05. The van der Waals surface area contributed by atoms with Crippen LogP contribution in [0.2, 0.25) is 0 Å². The Kier molecular flexibility index (Phi) is 3.25. The van der Waals surface area contributed by atoms with Crippen molar-refractivity contribution < 1.29 is 13.2 Å². The van der Waals surface area contributed by atoms with Gasteiger partial charge in [0.05, 0.1) is 17.2 Å². The predicted octanol–water partition coefficient (Wildman–Crippen LogP) is 3.62. The molecule has 0 radical (unpaired) electrons. The SMILES string of the molecule is Cc1c(C#N)cc(C(F)(F)F)cc1CCl. The van der Waals surface area contributed by atoms with E-state index in [0.29, 0.717) is 11.1 Å². The molecular formula is C10H7ClF3N. The zero-order chi connectivity index (χ0) is 11.6. The van der Waals surface area contributed by atoms with Gasteiger partial charge in [0.1, 0.15) is 0 Å². The van der Waals surface area contributed by atoms with Gasteiger partial charge in [-0.3, -0.25) is 0 Å². The Morgan fingerprint density at radius 2 is 2.00 bits per heavy atom. The molecule has 1 rings (SSSR count). The van der Waals surface area contributed by atoms with Crippen LogP contribution < -0.4 is 0 Å². The molecule has 5 heteroatoms. The Hall–Kier alpha value is -1.21. The third-order valence-electron chi connectivity index (χ3n) is 2.11. The van der Waals surface area contributed by atoms with E-state index in [0.717, 1.165) is 12.1 Å². The molecule has 0 saturated heterocycles. The predicted molar refractivity (Wildman–Crippen MR) is 50.5 cm³/mol. The van der Waals surface area contributed by atoms with E-state index in [1.807, 2.05) is 0 Å². The van der Waals surface area contributed by atoms with Crippen molar-refractivity contribution in [2.24, 2.45) is 0 Å². The maximum Gasteiger partial charge on any atom is 0.416 e. The van der Waals surface area contributed by atoms with Gasteiger partial charge in [0.15, 0.2) is 0 Å². The van der Waals surface area contributed by atoms with E-state index in [1.165, 1.54) is 0 Å². The summed E-state index contributed by atoms with van der Waals surface area (Å²) in [5, 5.41) is 8.67. The molecule has 0 bridgehead atoms. The van der Waals surface area contributed by atoms with Crippen LogP contribution in [-0.2, 0) is 12.1 Å². The molecule has 0 aliphatic heterocycles. The first kappa shape index (κ1) is 11.9. The van der Waals surface area contributed by atoms with Crippen LogP contribution in [0.3, 0.4) is 0 Å². The van der Waals surface area contributed by atoms with Crippen LogP contribution in [0.5, 0.6) is 0 Å². The van der Waals surface area contributed by atoms with Crippen molar-refractivity contribution in [3.05, 3.63) is 34.4 Å². The summed E-state index contributed by atoms with van der Waals surface area (Å²) in [6.07, 6.45) is -4.44. The number of halogens is 4. The van der Waals surface area contributed by atoms with Gasteiger partial charge < -0.3 is 0 Å². The number of hydrogen-bond donors (Lipinski definition) is 0. The van der Waals surface area contributed by atoms with Gasteiger partial charge in [-0.15, -0.1) is 11.6 Å². The fourth-order valence-corrected chi connectivity index (χ4v) is 1.47. The van der Waals surface area contributed by atoms with E-state index in [9.17, 15) is 13.2 Å². The van der Waals surface area contributed by atoms with Crippen molar-refractivity contribution in [2.75, 3.05) is 0 Å². The number of rotatable bonds is 1. The average Bonchev–Trinajstić information content (AvgIpc) is 2.16. The van der Waals surface area contributed by atoms with Gasteiger partial charge in [0, 0.05) is 5.88 Å². The van der Waals surface area contributed by atoms with Gasteiger partial charge in [-0.2, -0.15) is 18.4 Å². The first-order valence-electron chi connectivity index (χ1n) is 4.07. The first-order chi connectivity index (χ1) is 6.90. The summed E-state index contributed by atoms with van der Waals surface area (Å²) in [6.45, 7) is 1.58. The molecule has 15 heavy (non-hydrogen) atoms. The number of nitriles is 1. The summed E-state index contributed by atoms with van der Waals surface area (Å²) < 4.78 is 37.2. The highest BCUT2D eigenvalue weighted by Gasteiger charge is 2.31. The minimum absolute atomic E-state index is 0.0143. The fraction of sp³-hybridized carbons (Fsp3) is 0.300. The van der Waals surface area contributed by atoms with Crippen molar-refractivity contribution in [3.63, 3.8) is 0 Å². The monoisotopic (exact) mass is 233 g/mol. The van der Waals surface area contributed by atoms with E-state index >= 15 is 0 Å². The normalized spacial score (nSPS) is 11.2. The summed E-state index contributed by atoms with van der Waals surface area (Å²) in [5.41, 5.74) is 0.0179. The Morgan fingerprint density at radius 3 is 2.40 bits per heavy atom. The summed E-state index contributed by atoms with van der Waals surface area (Å²) >= 11 is 5.51. The Morgan fingerprint density at radius 1 is 1.40 bits per heavy atom. The molecule has 0 N–H and O–H groups in total. The standard InChI is InChI=1S/C10H7ClF3N/c1-6-7(4-11)2-9(10(12,13)14)3-8(6)5-15/h2-3H,4H2,1H3. The lowest BCUT2D eigenvalue weighted by molar-refractivity contribution is -0.137. The van der Waals surface area contributed by atoms with Gasteiger partial charge in [-0.25, -0.2) is 0 Å². The third kappa shape index (κ3) is 2.42. The maximum atomic E-state index is 12.4. The number of alkyl halides is 4. The van der Waals surface area contributed by atoms with Gasteiger partial charge in [0.2, 0.25) is 0 Å². The fourth-order valence-electron chi connectivity index (χ4n) is 1.19. The van der Waals surface area contributed by atoms with Crippen molar-refractivity contribution in [2.45, 2.75) is 19.0 Å². The van der Waals surface area contributed by atoms with Crippen molar-refractivity contribution in [1.29, 1.82) is 5.26 Å². The number of nitrogens with zero attached hydrogens (tertiary/aromatic N) is 1. The minimum Gasteiger partial charge on any atom is -0.192 e. The second-order valence-corrected chi connectivity index (χ2v) is 3.32. The summed E-state index contributed by atoms with van der Waals surface area (Å²) in [6, 6.07) is 3.54. The highest BCUT2D eigenvalue weighted by atomic mass is 35.5. The smallest absolute Gasteiger partial charge is 0.192 e. The highest BCUT2D eigenvalue weighted by Crippen LogP contribution is 2.32. The van der Waals surface area contributed by atoms with Gasteiger partial charge in [-0.1, -0.05) is 0 Å². The molecule has 0 aromatic heterocycles. The molecule has 0 spiro atoms. The lowest BCUT2D eigenvalue weighted by Gasteiger charge is -2.11. The van der Waals surface area contributed by atoms with Gasteiger partial charge in [-0.05, 0) is 30.2 Å². The lowest BCUT2D eigenvalue weighted by atomic mass is 10.00. The van der Waals surface area contributed by atoms with Crippen LogP contribution in [0.4, 0.5) is 13.2 Å². The van der Waals surface area contributed by atoms with Gasteiger partial charge in [0.25, 0.3) is 0 Å². The van der Waals surface area contributed by atoms with Gasteiger partial charge >= 0.3 is 6.18 Å². The summed E-state index contributed by atoms with van der Waals surface area (Å²) in [5.74, 6) is -0.0373. The van der Waals surface area contributed by atoms with Crippen molar-refractivity contribution >= 4 is 11.6 Å². The molecule has 0 fully saturated rings. The summed E-state index contributed by atoms with van der Waals surface area (Å²) in [7, 11) is 0.